The minimum Gasteiger partial charge on any atom is -0.494 e. The number of rotatable bonds is 6. The van der Waals surface area contributed by atoms with E-state index in [9.17, 15) is 10.1 Å². The molecular weight excluding hydrogens is 473 g/mol. The van der Waals surface area contributed by atoms with Gasteiger partial charge < -0.3 is 15.4 Å². The molecule has 0 amide bonds. The largest absolute Gasteiger partial charge is 0.494 e. The molecule has 156 valence electrons. The van der Waals surface area contributed by atoms with Crippen LogP contribution in [0.25, 0.3) is 0 Å². The summed E-state index contributed by atoms with van der Waals surface area (Å²) >= 11 is 23.7. The van der Waals surface area contributed by atoms with Gasteiger partial charge in [-0.1, -0.05) is 40.9 Å². The van der Waals surface area contributed by atoms with E-state index in [-0.39, 0.29) is 16.5 Å². The molecule has 3 rings (SSSR count). The van der Waals surface area contributed by atoms with E-state index in [1.807, 2.05) is 0 Å². The smallest absolute Gasteiger partial charge is 0.273 e. The number of benzene rings is 2. The van der Waals surface area contributed by atoms with Gasteiger partial charge in [-0.25, -0.2) is 0 Å². The molecular formula is C18H14Cl3N5O3S. The highest BCUT2D eigenvalue weighted by Crippen LogP contribution is 2.29. The summed E-state index contributed by atoms with van der Waals surface area (Å²) in [5.74, 6) is 0.600. The van der Waals surface area contributed by atoms with Crippen LogP contribution in [-0.2, 0) is 6.54 Å². The van der Waals surface area contributed by atoms with E-state index in [0.717, 1.165) is 5.56 Å². The van der Waals surface area contributed by atoms with E-state index < -0.39 is 4.92 Å². The maximum Gasteiger partial charge on any atom is 0.273 e. The first-order valence-electron chi connectivity index (χ1n) is 8.34. The monoisotopic (exact) mass is 485 g/mol. The normalized spacial score (nSPS) is 10.5. The highest BCUT2D eigenvalue weighted by Gasteiger charge is 2.14. The standard InChI is InChI=1S/C18H14Cl3N5O3S/c1-29-16-7-12(26(27)28)4-5-15(16)22-18(30)23-17-14(21)9-25(24-17)8-10-2-3-11(19)6-13(10)20/h2-7,9H,8H2,1H3,(H2,22,23,24,30). The molecule has 0 aliphatic rings. The van der Waals surface area contributed by atoms with Crippen molar-refractivity contribution >= 4 is 69.3 Å². The van der Waals surface area contributed by atoms with Crippen molar-refractivity contribution in [3.63, 3.8) is 0 Å². The summed E-state index contributed by atoms with van der Waals surface area (Å²) in [6, 6.07) is 9.32. The number of nitro benzene ring substituents is 1. The second kappa shape index (κ2) is 9.48. The van der Waals surface area contributed by atoms with Crippen LogP contribution in [0.2, 0.25) is 15.1 Å². The zero-order chi connectivity index (χ0) is 21.8. The highest BCUT2D eigenvalue weighted by atomic mass is 35.5. The second-order valence-electron chi connectivity index (χ2n) is 5.98. The molecule has 12 heteroatoms. The van der Waals surface area contributed by atoms with E-state index in [4.69, 9.17) is 51.8 Å². The van der Waals surface area contributed by atoms with Crippen LogP contribution in [0.5, 0.6) is 5.75 Å². The lowest BCUT2D eigenvalue weighted by Gasteiger charge is -2.12. The molecule has 0 unspecified atom stereocenters. The lowest BCUT2D eigenvalue weighted by atomic mass is 10.2. The minimum absolute atomic E-state index is 0.0982. The molecule has 0 atom stereocenters. The van der Waals surface area contributed by atoms with Gasteiger partial charge in [0.25, 0.3) is 5.69 Å². The first-order chi connectivity index (χ1) is 14.3. The van der Waals surface area contributed by atoms with Crippen molar-refractivity contribution in [2.45, 2.75) is 6.54 Å². The third-order valence-electron chi connectivity index (χ3n) is 3.94. The quantitative estimate of drug-likeness (QED) is 0.265. The number of nitrogens with zero attached hydrogens (tertiary/aromatic N) is 3. The molecule has 3 aromatic rings. The lowest BCUT2D eigenvalue weighted by molar-refractivity contribution is -0.384. The number of non-ortho nitro benzene ring substituents is 1. The van der Waals surface area contributed by atoms with Gasteiger partial charge in [-0.3, -0.25) is 14.8 Å². The summed E-state index contributed by atoms with van der Waals surface area (Å²) in [6.45, 7) is 0.383. The average molecular weight is 487 g/mol. The SMILES string of the molecule is COc1cc([N+](=O)[O-])ccc1NC(=S)Nc1nn(Cc2ccc(Cl)cc2Cl)cc1Cl. The fourth-order valence-corrected chi connectivity index (χ4v) is 3.42. The predicted molar refractivity (Wildman–Crippen MR) is 122 cm³/mol. The van der Waals surface area contributed by atoms with Crippen LogP contribution < -0.4 is 15.4 Å². The Morgan fingerprint density at radius 1 is 1.20 bits per heavy atom. The van der Waals surface area contributed by atoms with E-state index in [1.54, 1.807) is 29.1 Å². The summed E-state index contributed by atoms with van der Waals surface area (Å²) in [4.78, 5) is 10.4. The van der Waals surface area contributed by atoms with Crippen LogP contribution in [-0.4, -0.2) is 26.9 Å². The number of thiocarbonyl (C=S) groups is 1. The molecule has 0 saturated carbocycles. The number of aromatic nitrogens is 2. The van der Waals surface area contributed by atoms with Crippen molar-refractivity contribution in [3.8, 4) is 5.75 Å². The number of halogens is 3. The fraction of sp³-hybridized carbons (Fsp3) is 0.111. The zero-order valence-corrected chi connectivity index (χ0v) is 18.4. The zero-order valence-electron chi connectivity index (χ0n) is 15.4. The Kier molecular flexibility index (Phi) is 6.99. The van der Waals surface area contributed by atoms with Crippen LogP contribution in [0, 0.1) is 10.1 Å². The molecule has 0 saturated heterocycles. The van der Waals surface area contributed by atoms with Crippen LogP contribution in [0.15, 0.2) is 42.6 Å². The molecule has 0 aliphatic carbocycles. The minimum atomic E-state index is -0.512. The van der Waals surface area contributed by atoms with Gasteiger partial charge in [0.15, 0.2) is 10.9 Å². The first-order valence-corrected chi connectivity index (χ1v) is 9.88. The third-order valence-corrected chi connectivity index (χ3v) is 5.01. The molecule has 1 heterocycles. The first kappa shape index (κ1) is 22.1. The number of nitrogens with one attached hydrogen (secondary N) is 2. The Morgan fingerprint density at radius 2 is 1.97 bits per heavy atom. The van der Waals surface area contributed by atoms with Gasteiger partial charge in [0.1, 0.15) is 10.8 Å². The number of anilines is 2. The number of hydrogen-bond donors (Lipinski definition) is 2. The maximum atomic E-state index is 10.9. The molecule has 2 aromatic carbocycles. The van der Waals surface area contributed by atoms with Gasteiger partial charge in [-0.15, -0.1) is 0 Å². The average Bonchev–Trinajstić information content (AvgIpc) is 3.03. The van der Waals surface area contributed by atoms with E-state index in [0.29, 0.717) is 33.1 Å². The second-order valence-corrected chi connectivity index (χ2v) is 7.64. The molecule has 0 bridgehead atoms. The summed E-state index contributed by atoms with van der Waals surface area (Å²) in [7, 11) is 1.40. The predicted octanol–water partition coefficient (Wildman–Crippen LogP) is 5.62. The van der Waals surface area contributed by atoms with E-state index in [1.165, 1.54) is 25.3 Å². The number of methoxy groups -OCH3 is 1. The van der Waals surface area contributed by atoms with Crippen molar-refractivity contribution < 1.29 is 9.66 Å². The maximum absolute atomic E-state index is 10.9. The lowest BCUT2D eigenvalue weighted by Crippen LogP contribution is -2.20. The highest BCUT2D eigenvalue weighted by molar-refractivity contribution is 7.80. The van der Waals surface area contributed by atoms with Gasteiger partial charge >= 0.3 is 0 Å². The Bertz CT molecular complexity index is 1120. The summed E-state index contributed by atoms with van der Waals surface area (Å²) < 4.78 is 6.79. The molecule has 1 aromatic heterocycles. The number of hydrogen-bond acceptors (Lipinski definition) is 5. The fourth-order valence-electron chi connectivity index (χ4n) is 2.55. The molecule has 0 fully saturated rings. The van der Waals surface area contributed by atoms with E-state index >= 15 is 0 Å². The van der Waals surface area contributed by atoms with Crippen molar-refractivity contribution in [1.29, 1.82) is 0 Å². The van der Waals surface area contributed by atoms with Crippen LogP contribution in [0.3, 0.4) is 0 Å². The van der Waals surface area contributed by atoms with Gasteiger partial charge in [0, 0.05) is 22.3 Å². The summed E-state index contributed by atoms with van der Waals surface area (Å²) in [5, 5.41) is 22.7. The van der Waals surface area contributed by atoms with Crippen molar-refractivity contribution in [3.05, 3.63) is 73.3 Å². The Morgan fingerprint density at radius 3 is 2.63 bits per heavy atom. The van der Waals surface area contributed by atoms with Crippen molar-refractivity contribution in [1.82, 2.24) is 9.78 Å². The Balaban J connectivity index is 1.71. The molecule has 2 N–H and O–H groups in total. The molecule has 0 radical (unpaired) electrons. The van der Waals surface area contributed by atoms with Gasteiger partial charge in [-0.2, -0.15) is 5.10 Å². The molecule has 0 spiro atoms. The number of nitro groups is 1. The molecule has 30 heavy (non-hydrogen) atoms. The summed E-state index contributed by atoms with van der Waals surface area (Å²) in [5.41, 5.74) is 1.17. The van der Waals surface area contributed by atoms with Crippen LogP contribution >= 0.6 is 47.0 Å². The van der Waals surface area contributed by atoms with Gasteiger partial charge in [0.05, 0.1) is 30.3 Å². The molecule has 0 aliphatic heterocycles. The van der Waals surface area contributed by atoms with Crippen LogP contribution in [0.4, 0.5) is 17.2 Å². The topological polar surface area (TPSA) is 94.2 Å². The van der Waals surface area contributed by atoms with Crippen LogP contribution in [0.1, 0.15) is 5.56 Å². The summed E-state index contributed by atoms with van der Waals surface area (Å²) in [6.07, 6.45) is 1.63. The third kappa shape index (κ3) is 5.31. The number of ether oxygens (including phenoxy) is 1. The van der Waals surface area contributed by atoms with Crippen molar-refractivity contribution in [2.75, 3.05) is 17.7 Å². The Hall–Kier alpha value is -2.59. The molecule has 8 nitrogen and oxygen atoms in total. The van der Waals surface area contributed by atoms with Gasteiger partial charge in [-0.05, 0) is 36.0 Å². The Labute approximate surface area is 191 Å². The van der Waals surface area contributed by atoms with E-state index in [2.05, 4.69) is 15.7 Å². The van der Waals surface area contributed by atoms with Crippen molar-refractivity contribution in [2.24, 2.45) is 0 Å². The van der Waals surface area contributed by atoms with Gasteiger partial charge in [0.2, 0.25) is 0 Å².